The molecule has 1 fully saturated rings. The van der Waals surface area contributed by atoms with E-state index >= 15 is 4.39 Å². The number of hydrogen-bond acceptors (Lipinski definition) is 5. The van der Waals surface area contributed by atoms with Gasteiger partial charge in [0.25, 0.3) is 5.56 Å². The number of benzene rings is 2. The number of carbonyl (C=O) groups excluding carboxylic acids is 1. The average Bonchev–Trinajstić information content (AvgIpc) is 3.36. The van der Waals surface area contributed by atoms with Crippen molar-refractivity contribution in [3.8, 4) is 16.9 Å². The van der Waals surface area contributed by atoms with Crippen LogP contribution in [0.5, 0.6) is 5.75 Å². The Labute approximate surface area is 237 Å². The Morgan fingerprint density at radius 3 is 2.48 bits per heavy atom. The Hall–Kier alpha value is -3.37. The second-order valence-corrected chi connectivity index (χ2v) is 11.5. The SMILES string of the molecule is COc1cccc(-c2c(C)c(Cc3ccccc3F)c3n(c2=O)C(CN2CCN(C(=O)N(C)C)CC2)CS3)c1F. The summed E-state index contributed by atoms with van der Waals surface area (Å²) in [6.07, 6.45) is 0.289. The van der Waals surface area contributed by atoms with E-state index in [-0.39, 0.29) is 46.7 Å². The lowest BCUT2D eigenvalue weighted by molar-refractivity contribution is 0.116. The second-order valence-electron chi connectivity index (χ2n) is 10.5. The van der Waals surface area contributed by atoms with E-state index < -0.39 is 5.82 Å². The van der Waals surface area contributed by atoms with Gasteiger partial charge in [-0.05, 0) is 35.7 Å². The lowest BCUT2D eigenvalue weighted by Gasteiger charge is -2.37. The number of fused-ring (bicyclic) bond motifs is 1. The molecule has 1 aromatic heterocycles. The Balaban J connectivity index is 1.55. The van der Waals surface area contributed by atoms with Crippen molar-refractivity contribution in [3.63, 3.8) is 0 Å². The number of halogens is 2. The number of amides is 2. The van der Waals surface area contributed by atoms with Crippen LogP contribution in [0.25, 0.3) is 11.1 Å². The summed E-state index contributed by atoms with van der Waals surface area (Å²) in [6, 6.07) is 11.3. The van der Waals surface area contributed by atoms with Gasteiger partial charge in [-0.25, -0.2) is 13.6 Å². The molecule has 0 spiro atoms. The van der Waals surface area contributed by atoms with Crippen molar-refractivity contribution in [2.75, 3.05) is 59.7 Å². The fourth-order valence-electron chi connectivity index (χ4n) is 5.62. The van der Waals surface area contributed by atoms with E-state index in [4.69, 9.17) is 4.74 Å². The number of ether oxygens (including phenoxy) is 1. The quantitative estimate of drug-likeness (QED) is 0.434. The number of rotatable bonds is 6. The minimum Gasteiger partial charge on any atom is -0.494 e. The molecule has 1 atom stereocenters. The van der Waals surface area contributed by atoms with Crippen LogP contribution in [-0.2, 0) is 6.42 Å². The van der Waals surface area contributed by atoms with Gasteiger partial charge in [0.05, 0.1) is 23.7 Å². The van der Waals surface area contributed by atoms with Crippen molar-refractivity contribution >= 4 is 17.8 Å². The van der Waals surface area contributed by atoms with Crippen molar-refractivity contribution < 1.29 is 18.3 Å². The molecule has 212 valence electrons. The third-order valence-corrected chi connectivity index (χ3v) is 9.05. The van der Waals surface area contributed by atoms with Crippen molar-refractivity contribution in [2.24, 2.45) is 0 Å². The standard InChI is InChI=1S/C30H34F2N4O3S/c1-19-23(16-20-8-5-6-10-24(20)31)29-36(28(37)26(19)22-9-7-11-25(39-4)27(22)32)21(18-40-29)17-34-12-14-35(15-13-34)30(38)33(2)3/h5-11,21H,12-18H2,1-4H3. The summed E-state index contributed by atoms with van der Waals surface area (Å²) < 4.78 is 37.3. The van der Waals surface area contributed by atoms with Gasteiger partial charge in [-0.15, -0.1) is 11.8 Å². The van der Waals surface area contributed by atoms with Crippen molar-refractivity contribution in [1.82, 2.24) is 19.3 Å². The molecule has 0 saturated carbocycles. The number of nitrogens with zero attached hydrogens (tertiary/aromatic N) is 4. The Kier molecular flexibility index (Phi) is 8.19. The highest BCUT2D eigenvalue weighted by Crippen LogP contribution is 2.41. The highest BCUT2D eigenvalue weighted by atomic mass is 32.2. The first-order valence-corrected chi connectivity index (χ1v) is 14.4. The highest BCUT2D eigenvalue weighted by molar-refractivity contribution is 7.99. The number of piperazine rings is 1. The summed E-state index contributed by atoms with van der Waals surface area (Å²) in [5.74, 6) is -0.162. The first-order valence-electron chi connectivity index (χ1n) is 13.4. The molecule has 2 aliphatic rings. The molecule has 2 aliphatic heterocycles. The van der Waals surface area contributed by atoms with Gasteiger partial charge in [0.15, 0.2) is 11.6 Å². The van der Waals surface area contributed by atoms with Gasteiger partial charge in [0.1, 0.15) is 5.82 Å². The molecular weight excluding hydrogens is 534 g/mol. The van der Waals surface area contributed by atoms with Gasteiger partial charge < -0.3 is 14.5 Å². The van der Waals surface area contributed by atoms with Gasteiger partial charge in [-0.1, -0.05) is 30.3 Å². The van der Waals surface area contributed by atoms with Gasteiger partial charge in [-0.3, -0.25) is 14.3 Å². The molecule has 0 N–H and O–H groups in total. The molecule has 7 nitrogen and oxygen atoms in total. The molecule has 0 radical (unpaired) electrons. The van der Waals surface area contributed by atoms with E-state index in [0.29, 0.717) is 49.6 Å². The van der Waals surface area contributed by atoms with E-state index in [2.05, 4.69) is 4.90 Å². The summed E-state index contributed by atoms with van der Waals surface area (Å²) >= 11 is 1.59. The van der Waals surface area contributed by atoms with Crippen molar-refractivity contribution in [2.45, 2.75) is 24.4 Å². The molecule has 1 unspecified atom stereocenters. The molecule has 10 heteroatoms. The van der Waals surface area contributed by atoms with E-state index in [1.54, 1.807) is 65.7 Å². The normalized spacial score (nSPS) is 17.1. The maximum atomic E-state index is 15.5. The topological polar surface area (TPSA) is 58.0 Å². The molecule has 0 bridgehead atoms. The van der Waals surface area contributed by atoms with E-state index in [1.165, 1.54) is 19.2 Å². The zero-order chi connectivity index (χ0) is 28.6. The molecule has 5 rings (SSSR count). The number of aromatic nitrogens is 1. The molecule has 2 aromatic carbocycles. The summed E-state index contributed by atoms with van der Waals surface area (Å²) in [4.78, 5) is 32.2. The number of methoxy groups -OCH3 is 1. The number of carbonyl (C=O) groups is 1. The monoisotopic (exact) mass is 568 g/mol. The van der Waals surface area contributed by atoms with Gasteiger partial charge in [-0.2, -0.15) is 0 Å². The maximum Gasteiger partial charge on any atom is 0.319 e. The molecular formula is C30H34F2N4O3S. The molecule has 1 saturated heterocycles. The van der Waals surface area contributed by atoms with Crippen LogP contribution in [-0.4, -0.2) is 85.0 Å². The number of hydrogen-bond donors (Lipinski definition) is 0. The first kappa shape index (κ1) is 28.2. The summed E-state index contributed by atoms with van der Waals surface area (Å²) in [5.41, 5.74) is 2.20. The summed E-state index contributed by atoms with van der Waals surface area (Å²) in [7, 11) is 4.89. The van der Waals surface area contributed by atoms with E-state index in [9.17, 15) is 14.0 Å². The Bertz CT molecular complexity index is 1480. The minimum absolute atomic E-state index is 0.00384. The average molecular weight is 569 g/mol. The smallest absolute Gasteiger partial charge is 0.319 e. The molecule has 3 aromatic rings. The van der Waals surface area contributed by atoms with Crippen LogP contribution in [0.2, 0.25) is 0 Å². The second kappa shape index (κ2) is 11.6. The van der Waals surface area contributed by atoms with Crippen LogP contribution in [0.3, 0.4) is 0 Å². The lowest BCUT2D eigenvalue weighted by Crippen LogP contribution is -2.52. The van der Waals surface area contributed by atoms with Crippen LogP contribution in [0.1, 0.15) is 22.7 Å². The molecule has 40 heavy (non-hydrogen) atoms. The van der Waals surface area contributed by atoms with Crippen LogP contribution < -0.4 is 10.3 Å². The fourth-order valence-corrected chi connectivity index (χ4v) is 7.00. The van der Waals surface area contributed by atoms with Crippen LogP contribution in [0, 0.1) is 18.6 Å². The minimum atomic E-state index is -0.591. The van der Waals surface area contributed by atoms with Gasteiger partial charge in [0.2, 0.25) is 0 Å². The number of pyridine rings is 1. The molecule has 3 heterocycles. The van der Waals surface area contributed by atoms with Crippen molar-refractivity contribution in [3.05, 3.63) is 81.1 Å². The molecule has 0 aliphatic carbocycles. The van der Waals surface area contributed by atoms with Crippen LogP contribution in [0.15, 0.2) is 52.3 Å². The summed E-state index contributed by atoms with van der Waals surface area (Å²) in [5, 5.41) is 0.809. The summed E-state index contributed by atoms with van der Waals surface area (Å²) in [6.45, 7) is 5.09. The number of urea groups is 1. The van der Waals surface area contributed by atoms with Crippen LogP contribution >= 0.6 is 11.8 Å². The number of thioether (sulfide) groups is 1. The third-order valence-electron chi connectivity index (χ3n) is 7.79. The maximum absolute atomic E-state index is 15.5. The van der Waals surface area contributed by atoms with Gasteiger partial charge in [0, 0.05) is 64.6 Å². The van der Waals surface area contributed by atoms with Crippen molar-refractivity contribution in [1.29, 1.82) is 0 Å². The first-order chi connectivity index (χ1) is 19.2. The van der Waals surface area contributed by atoms with E-state index in [0.717, 1.165) is 10.6 Å². The Morgan fingerprint density at radius 2 is 1.80 bits per heavy atom. The Morgan fingerprint density at radius 1 is 1.07 bits per heavy atom. The largest absolute Gasteiger partial charge is 0.494 e. The zero-order valence-corrected chi connectivity index (χ0v) is 24.1. The third kappa shape index (κ3) is 5.22. The predicted molar refractivity (Wildman–Crippen MR) is 153 cm³/mol. The van der Waals surface area contributed by atoms with E-state index in [1.807, 2.05) is 11.8 Å². The fraction of sp³-hybridized carbons (Fsp3) is 0.400. The lowest BCUT2D eigenvalue weighted by atomic mass is 9.94. The molecule has 2 amide bonds. The van der Waals surface area contributed by atoms with Crippen LogP contribution in [0.4, 0.5) is 13.6 Å². The zero-order valence-electron chi connectivity index (χ0n) is 23.2. The highest BCUT2D eigenvalue weighted by Gasteiger charge is 2.33. The predicted octanol–water partition coefficient (Wildman–Crippen LogP) is 4.65. The van der Waals surface area contributed by atoms with Gasteiger partial charge >= 0.3 is 6.03 Å².